The summed E-state index contributed by atoms with van der Waals surface area (Å²) in [6.07, 6.45) is 9.59. The average molecular weight is 296 g/mol. The Morgan fingerprint density at radius 2 is 2.20 bits per heavy atom. The zero-order valence-corrected chi connectivity index (χ0v) is 12.7. The zero-order valence-electron chi connectivity index (χ0n) is 12.0. The minimum atomic E-state index is -0.273. The van der Waals surface area contributed by atoms with Gasteiger partial charge in [0.1, 0.15) is 5.02 Å². The highest BCUT2D eigenvalue weighted by molar-refractivity contribution is 6.32. The first-order valence-electron chi connectivity index (χ1n) is 7.16. The molecule has 0 unspecified atom stereocenters. The van der Waals surface area contributed by atoms with Gasteiger partial charge in [-0.05, 0) is 18.3 Å². The van der Waals surface area contributed by atoms with E-state index in [9.17, 15) is 4.79 Å². The number of aromatic nitrogens is 2. The maximum absolute atomic E-state index is 12.0. The van der Waals surface area contributed by atoms with E-state index in [1.54, 1.807) is 12.3 Å². The predicted molar refractivity (Wildman–Crippen MR) is 83.4 cm³/mol. The molecule has 1 aromatic rings. The van der Waals surface area contributed by atoms with Crippen LogP contribution in [0.2, 0.25) is 5.02 Å². The highest BCUT2D eigenvalue weighted by atomic mass is 35.5. The van der Waals surface area contributed by atoms with Crippen LogP contribution in [-0.4, -0.2) is 16.3 Å². The summed E-state index contributed by atoms with van der Waals surface area (Å²) in [5.41, 5.74) is 0.645. The number of hydrogen-bond acceptors (Lipinski definition) is 3. The first-order valence-corrected chi connectivity index (χ1v) is 7.54. The third-order valence-electron chi connectivity index (χ3n) is 4.05. The van der Waals surface area contributed by atoms with Crippen LogP contribution in [0.5, 0.6) is 0 Å². The highest BCUT2D eigenvalue weighted by Crippen LogP contribution is 2.36. The number of nitrogens with zero attached hydrogens (tertiary/aromatic N) is 2. The molecule has 1 fully saturated rings. The van der Waals surface area contributed by atoms with Crippen molar-refractivity contribution in [2.45, 2.75) is 45.6 Å². The Kier molecular flexibility index (Phi) is 4.86. The van der Waals surface area contributed by atoms with E-state index in [0.29, 0.717) is 12.2 Å². The van der Waals surface area contributed by atoms with Gasteiger partial charge in [0.15, 0.2) is 0 Å². The second-order valence-corrected chi connectivity index (χ2v) is 6.25. The molecule has 0 bridgehead atoms. The molecule has 5 heteroatoms. The minimum Gasteiger partial charge on any atom is -0.382 e. The molecule has 20 heavy (non-hydrogen) atoms. The van der Waals surface area contributed by atoms with Crippen molar-refractivity contribution in [2.24, 2.45) is 5.41 Å². The van der Waals surface area contributed by atoms with Gasteiger partial charge in [-0.15, -0.1) is 6.58 Å². The molecule has 1 aromatic heterocycles. The summed E-state index contributed by atoms with van der Waals surface area (Å²) in [4.78, 5) is 12.0. The number of halogens is 1. The minimum absolute atomic E-state index is 0.209. The molecule has 0 saturated heterocycles. The molecule has 0 radical (unpaired) electrons. The summed E-state index contributed by atoms with van der Waals surface area (Å²) in [5.74, 6) is 0. The molecule has 1 heterocycles. The molecule has 110 valence electrons. The largest absolute Gasteiger partial charge is 0.382 e. The van der Waals surface area contributed by atoms with Gasteiger partial charge in [-0.3, -0.25) is 4.79 Å². The lowest BCUT2D eigenvalue weighted by molar-refractivity contribution is 0.233. The standard InChI is InChI=1S/C15H22ClN3O/c1-3-9-19-14(20)13(16)12(10-18-19)17-11-15(2)7-5-4-6-8-15/h3,10,17H,1,4-9,11H2,2H3. The second kappa shape index (κ2) is 6.44. The first kappa shape index (κ1) is 15.1. The van der Waals surface area contributed by atoms with Gasteiger partial charge in [0.2, 0.25) is 0 Å². The van der Waals surface area contributed by atoms with E-state index in [-0.39, 0.29) is 16.0 Å². The van der Waals surface area contributed by atoms with Gasteiger partial charge in [0, 0.05) is 6.54 Å². The van der Waals surface area contributed by atoms with E-state index < -0.39 is 0 Å². The molecular formula is C15H22ClN3O. The first-order chi connectivity index (χ1) is 9.56. The van der Waals surface area contributed by atoms with Crippen LogP contribution in [0, 0.1) is 5.41 Å². The average Bonchev–Trinajstić information content (AvgIpc) is 2.44. The maximum Gasteiger partial charge on any atom is 0.287 e. The van der Waals surface area contributed by atoms with Gasteiger partial charge >= 0.3 is 0 Å². The summed E-state index contributed by atoms with van der Waals surface area (Å²) >= 11 is 6.13. The van der Waals surface area contributed by atoms with Gasteiger partial charge in [-0.2, -0.15) is 5.10 Å². The molecular weight excluding hydrogens is 274 g/mol. The van der Waals surface area contributed by atoms with E-state index in [1.165, 1.54) is 36.8 Å². The van der Waals surface area contributed by atoms with Crippen molar-refractivity contribution in [3.8, 4) is 0 Å². The number of nitrogens with one attached hydrogen (secondary N) is 1. The van der Waals surface area contributed by atoms with E-state index in [0.717, 1.165) is 6.54 Å². The highest BCUT2D eigenvalue weighted by Gasteiger charge is 2.26. The van der Waals surface area contributed by atoms with E-state index in [1.807, 2.05) is 0 Å². The number of rotatable bonds is 5. The third kappa shape index (κ3) is 3.42. The topological polar surface area (TPSA) is 46.9 Å². The second-order valence-electron chi connectivity index (χ2n) is 5.87. The molecule has 1 aliphatic carbocycles. The SMILES string of the molecule is C=CCn1ncc(NCC2(C)CCCCC2)c(Cl)c1=O. The van der Waals surface area contributed by atoms with Gasteiger partial charge in [-0.25, -0.2) is 4.68 Å². The van der Waals surface area contributed by atoms with Crippen LogP contribution in [-0.2, 0) is 6.54 Å². The Balaban J connectivity index is 2.08. The van der Waals surface area contributed by atoms with E-state index >= 15 is 0 Å². The summed E-state index contributed by atoms with van der Waals surface area (Å²) < 4.78 is 1.31. The van der Waals surface area contributed by atoms with E-state index in [2.05, 4.69) is 23.9 Å². The van der Waals surface area contributed by atoms with Crippen LogP contribution in [0.15, 0.2) is 23.6 Å². The lowest BCUT2D eigenvalue weighted by atomic mass is 9.76. The van der Waals surface area contributed by atoms with Gasteiger partial charge in [0.25, 0.3) is 5.56 Å². The van der Waals surface area contributed by atoms with E-state index in [4.69, 9.17) is 11.6 Å². The van der Waals surface area contributed by atoms with Gasteiger partial charge in [-0.1, -0.05) is 43.9 Å². The predicted octanol–water partition coefficient (Wildman–Crippen LogP) is 3.47. The van der Waals surface area contributed by atoms with Gasteiger partial charge in [0.05, 0.1) is 18.4 Å². The summed E-state index contributed by atoms with van der Waals surface area (Å²) in [7, 11) is 0. The van der Waals surface area contributed by atoms with Crippen LogP contribution < -0.4 is 10.9 Å². The van der Waals surface area contributed by atoms with Crippen molar-refractivity contribution in [2.75, 3.05) is 11.9 Å². The van der Waals surface area contributed by atoms with Crippen molar-refractivity contribution in [1.29, 1.82) is 0 Å². The Hall–Kier alpha value is -1.29. The molecule has 0 aromatic carbocycles. The Morgan fingerprint density at radius 1 is 1.50 bits per heavy atom. The Labute approximate surface area is 124 Å². The van der Waals surface area contributed by atoms with Crippen molar-refractivity contribution in [3.05, 3.63) is 34.2 Å². The quantitative estimate of drug-likeness (QED) is 0.846. The summed E-state index contributed by atoms with van der Waals surface area (Å²) in [6, 6.07) is 0. The molecule has 2 rings (SSSR count). The fourth-order valence-corrected chi connectivity index (χ4v) is 2.94. The molecule has 1 aliphatic rings. The number of hydrogen-bond donors (Lipinski definition) is 1. The van der Waals surface area contributed by atoms with Crippen LogP contribution in [0.25, 0.3) is 0 Å². The molecule has 0 aliphatic heterocycles. The Morgan fingerprint density at radius 3 is 2.85 bits per heavy atom. The molecule has 0 atom stereocenters. The molecule has 4 nitrogen and oxygen atoms in total. The molecule has 0 spiro atoms. The monoisotopic (exact) mass is 295 g/mol. The third-order valence-corrected chi connectivity index (χ3v) is 4.42. The lowest BCUT2D eigenvalue weighted by Gasteiger charge is -2.34. The van der Waals surface area contributed by atoms with Crippen molar-refractivity contribution in [1.82, 2.24) is 9.78 Å². The fourth-order valence-electron chi connectivity index (χ4n) is 2.73. The summed E-state index contributed by atoms with van der Waals surface area (Å²) in [6.45, 7) is 7.09. The Bertz CT molecular complexity index is 532. The maximum atomic E-state index is 12.0. The lowest BCUT2D eigenvalue weighted by Crippen LogP contribution is -2.30. The van der Waals surface area contributed by atoms with Crippen LogP contribution in [0.3, 0.4) is 0 Å². The van der Waals surface area contributed by atoms with Crippen molar-refractivity contribution >= 4 is 17.3 Å². The van der Waals surface area contributed by atoms with Gasteiger partial charge < -0.3 is 5.32 Å². The normalized spacial score (nSPS) is 17.7. The smallest absolute Gasteiger partial charge is 0.287 e. The molecule has 0 amide bonds. The van der Waals surface area contributed by atoms with Crippen molar-refractivity contribution in [3.63, 3.8) is 0 Å². The molecule has 1 saturated carbocycles. The number of allylic oxidation sites excluding steroid dienone is 1. The fraction of sp³-hybridized carbons (Fsp3) is 0.600. The molecule has 1 N–H and O–H groups in total. The van der Waals surface area contributed by atoms with Crippen LogP contribution in [0.1, 0.15) is 39.0 Å². The van der Waals surface area contributed by atoms with Crippen LogP contribution in [0.4, 0.5) is 5.69 Å². The zero-order chi connectivity index (χ0) is 14.6. The van der Waals surface area contributed by atoms with Crippen molar-refractivity contribution < 1.29 is 0 Å². The number of anilines is 1. The van der Waals surface area contributed by atoms with Crippen LogP contribution >= 0.6 is 11.6 Å². The summed E-state index contributed by atoms with van der Waals surface area (Å²) in [5, 5.41) is 7.61.